The number of fused-ring (bicyclic) bond motifs is 7. The second-order valence-electron chi connectivity index (χ2n) is 13.0. The molecule has 1 N–H and O–H groups in total. The van der Waals surface area contributed by atoms with Gasteiger partial charge < -0.3 is 29.0 Å². The summed E-state index contributed by atoms with van der Waals surface area (Å²) >= 11 is 14.7. The minimum atomic E-state index is -4.40. The Morgan fingerprint density at radius 1 is 1.07 bits per heavy atom. The molecule has 11 nitrogen and oxygen atoms in total. The van der Waals surface area contributed by atoms with Gasteiger partial charge in [0, 0.05) is 41.0 Å². The first-order chi connectivity index (χ1) is 27.9. The molecule has 2 aliphatic rings. The first-order valence-corrected chi connectivity index (χ1v) is 19.5. The van der Waals surface area contributed by atoms with Crippen molar-refractivity contribution in [2.45, 2.75) is 38.7 Å². The summed E-state index contributed by atoms with van der Waals surface area (Å²) in [6, 6.07) is 16.0. The van der Waals surface area contributed by atoms with Crippen molar-refractivity contribution < 1.29 is 46.4 Å². The number of thiophene rings is 1. The molecule has 0 radical (unpaired) electrons. The zero-order valence-corrected chi connectivity index (χ0v) is 32.9. The van der Waals surface area contributed by atoms with Crippen molar-refractivity contribution in [1.29, 1.82) is 0 Å². The molecule has 0 aliphatic carbocycles. The van der Waals surface area contributed by atoms with Gasteiger partial charge in [0.1, 0.15) is 48.3 Å². The van der Waals surface area contributed by atoms with E-state index in [9.17, 15) is 27.5 Å². The molecular formula is C40H33Cl2F4N5O6S. The summed E-state index contributed by atoms with van der Waals surface area (Å²) in [6.07, 6.45) is -4.68. The quantitative estimate of drug-likeness (QED) is 0.105. The highest BCUT2D eigenvalue weighted by atomic mass is 35.5. The number of benzene rings is 3. The molecule has 8 rings (SSSR count). The van der Waals surface area contributed by atoms with E-state index in [4.69, 9.17) is 42.1 Å². The van der Waals surface area contributed by atoms with Crippen LogP contribution in [0.2, 0.25) is 5.02 Å². The smallest absolute Gasteiger partial charge is 0.392 e. The fraction of sp³-hybridized carbons (Fsp3) is 0.275. The number of hydrogen-bond acceptors (Lipinski definition) is 11. The molecule has 0 saturated carbocycles. The van der Waals surface area contributed by atoms with E-state index in [1.54, 1.807) is 30.3 Å². The zero-order chi connectivity index (χ0) is 41.0. The Kier molecular flexibility index (Phi) is 12.4. The fourth-order valence-corrected chi connectivity index (χ4v) is 8.01. The number of carboxylic acids is 1. The van der Waals surface area contributed by atoms with Crippen LogP contribution in [0.1, 0.15) is 23.2 Å². The molecule has 6 aromatic rings. The van der Waals surface area contributed by atoms with Gasteiger partial charge in [-0.1, -0.05) is 29.8 Å². The highest BCUT2D eigenvalue weighted by Crippen LogP contribution is 2.49. The summed E-state index contributed by atoms with van der Waals surface area (Å²) in [5.41, 5.74) is 4.16. The van der Waals surface area contributed by atoms with Gasteiger partial charge in [-0.3, -0.25) is 0 Å². The Bertz CT molecular complexity index is 2440. The molecule has 1 atom stereocenters. The minimum Gasteiger partial charge on any atom is -0.492 e. The predicted molar refractivity (Wildman–Crippen MR) is 211 cm³/mol. The monoisotopic (exact) mass is 857 g/mol. The highest BCUT2D eigenvalue weighted by molar-refractivity contribution is 7.22. The largest absolute Gasteiger partial charge is 0.492 e. The molecule has 3 aromatic carbocycles. The summed E-state index contributed by atoms with van der Waals surface area (Å²) in [4.78, 5) is 33.2. The van der Waals surface area contributed by atoms with Gasteiger partial charge in [-0.05, 0) is 66.1 Å². The van der Waals surface area contributed by atoms with E-state index in [2.05, 4.69) is 19.9 Å². The van der Waals surface area contributed by atoms with Gasteiger partial charge in [0.15, 0.2) is 0 Å². The second kappa shape index (κ2) is 17.6. The van der Waals surface area contributed by atoms with Gasteiger partial charge >= 0.3 is 18.2 Å². The molecule has 0 spiro atoms. The lowest BCUT2D eigenvalue weighted by atomic mass is 9.95. The molecule has 5 heterocycles. The summed E-state index contributed by atoms with van der Waals surface area (Å²) in [5, 5.41) is 11.5. The number of aromatic nitrogens is 4. The molecule has 18 heteroatoms. The van der Waals surface area contributed by atoms with Crippen LogP contribution in [-0.2, 0) is 17.8 Å². The molecule has 58 heavy (non-hydrogen) atoms. The molecule has 302 valence electrons. The average Bonchev–Trinajstić information content (AvgIpc) is 3.58. The SMILES string of the molecule is Cc1c2ccc(c1Cl)N(CCCl)CCOc1ccc(OCc3ccnc(OCCC(F)(F)F)n3)c(c1)C[C@H](C(=O)O)Oc1ncnc3sc(-c4ccc(F)cc4)c-2c13. The van der Waals surface area contributed by atoms with E-state index >= 15 is 0 Å². The topological polar surface area (TPSA) is 129 Å². The van der Waals surface area contributed by atoms with E-state index in [1.807, 2.05) is 24.0 Å². The van der Waals surface area contributed by atoms with Crippen molar-refractivity contribution in [2.75, 3.05) is 37.1 Å². The van der Waals surface area contributed by atoms with Crippen LogP contribution in [-0.4, -0.2) is 75.5 Å². The van der Waals surface area contributed by atoms with E-state index in [0.29, 0.717) is 78.3 Å². The Labute approximate surface area is 343 Å². The van der Waals surface area contributed by atoms with Crippen LogP contribution >= 0.6 is 34.5 Å². The van der Waals surface area contributed by atoms with E-state index in [0.717, 1.165) is 5.69 Å². The van der Waals surface area contributed by atoms with Crippen molar-refractivity contribution in [1.82, 2.24) is 19.9 Å². The Morgan fingerprint density at radius 2 is 1.88 bits per heavy atom. The van der Waals surface area contributed by atoms with Crippen LogP contribution in [0.5, 0.6) is 23.4 Å². The number of hydrogen-bond donors (Lipinski definition) is 1. The average molecular weight is 859 g/mol. The maximum atomic E-state index is 14.1. The van der Waals surface area contributed by atoms with E-state index in [-0.39, 0.29) is 37.3 Å². The lowest BCUT2D eigenvalue weighted by molar-refractivity contribution is -0.145. The van der Waals surface area contributed by atoms with Crippen LogP contribution < -0.4 is 23.8 Å². The van der Waals surface area contributed by atoms with Crippen LogP contribution in [0.3, 0.4) is 0 Å². The van der Waals surface area contributed by atoms with Crippen molar-refractivity contribution in [3.63, 3.8) is 0 Å². The van der Waals surface area contributed by atoms with Gasteiger partial charge in [0.25, 0.3) is 0 Å². The van der Waals surface area contributed by atoms with Crippen LogP contribution in [0, 0.1) is 12.7 Å². The predicted octanol–water partition coefficient (Wildman–Crippen LogP) is 9.34. The second-order valence-corrected chi connectivity index (χ2v) is 14.8. The molecule has 0 fully saturated rings. The molecule has 3 aromatic heterocycles. The van der Waals surface area contributed by atoms with Gasteiger partial charge in [0.2, 0.25) is 12.0 Å². The number of alkyl halides is 4. The van der Waals surface area contributed by atoms with Crippen molar-refractivity contribution in [3.8, 4) is 45.0 Å². The number of halogens is 6. The van der Waals surface area contributed by atoms with E-state index < -0.39 is 37.1 Å². The maximum absolute atomic E-state index is 14.1. The maximum Gasteiger partial charge on any atom is 0.392 e. The van der Waals surface area contributed by atoms with Gasteiger partial charge in [0.05, 0.1) is 34.8 Å². The number of aliphatic carboxylic acids is 1. The lowest BCUT2D eigenvalue weighted by Crippen LogP contribution is -2.30. The molecule has 0 saturated heterocycles. The summed E-state index contributed by atoms with van der Waals surface area (Å²) < 4.78 is 75.7. The third kappa shape index (κ3) is 9.30. The zero-order valence-electron chi connectivity index (χ0n) is 30.6. The molecule has 4 bridgehead atoms. The number of carbonyl (C=O) groups is 1. The normalized spacial score (nSPS) is 14.5. The highest BCUT2D eigenvalue weighted by Gasteiger charge is 2.30. The molecule has 0 amide bonds. The number of nitrogens with zero attached hydrogens (tertiary/aromatic N) is 5. The Morgan fingerprint density at radius 3 is 2.64 bits per heavy atom. The molecular weight excluding hydrogens is 825 g/mol. The van der Waals surface area contributed by atoms with Gasteiger partial charge in [-0.15, -0.1) is 22.9 Å². The van der Waals surface area contributed by atoms with E-state index in [1.165, 1.54) is 42.1 Å². The van der Waals surface area contributed by atoms with Crippen molar-refractivity contribution in [2.24, 2.45) is 0 Å². The Balaban J connectivity index is 1.30. The van der Waals surface area contributed by atoms with Crippen LogP contribution in [0.25, 0.3) is 31.8 Å². The van der Waals surface area contributed by atoms with Crippen LogP contribution in [0.4, 0.5) is 23.2 Å². The number of anilines is 1. The fourth-order valence-electron chi connectivity index (χ4n) is 6.37. The Hall–Kier alpha value is -5.45. The third-order valence-corrected chi connectivity index (χ3v) is 11.0. The summed E-state index contributed by atoms with van der Waals surface area (Å²) in [5.74, 6) is -0.723. The lowest BCUT2D eigenvalue weighted by Gasteiger charge is -2.26. The molecule has 2 aliphatic heterocycles. The summed E-state index contributed by atoms with van der Waals surface area (Å²) in [7, 11) is 0. The first kappa shape index (κ1) is 40.7. The third-order valence-electron chi connectivity index (χ3n) is 9.17. The molecule has 0 unspecified atom stereocenters. The number of carboxylic acid groups (broad SMARTS) is 1. The standard InChI is InChI=1S/C40H33Cl2F4N5O6S/c1-22-28-7-8-29(34(22)42)51(14-12-41)15-17-54-27-6-9-30(56-20-26-10-13-47-39(50-26)55-16-11-40(44,45)46)24(18-27)19-31(38(52)53)57-36-33-32(28)35(58-37(33)49-21-48-36)23-2-4-25(43)5-3-23/h2-10,13,18,21,31H,11-12,14-17,19-20H2,1H3,(H,52,53)/t31-/m1/s1. The van der Waals surface area contributed by atoms with Gasteiger partial charge in [-0.25, -0.2) is 24.1 Å². The summed E-state index contributed by atoms with van der Waals surface area (Å²) in [6.45, 7) is 2.10. The number of ether oxygens (including phenoxy) is 4. The number of rotatable bonds is 10. The van der Waals surface area contributed by atoms with Gasteiger partial charge in [-0.2, -0.15) is 18.2 Å². The van der Waals surface area contributed by atoms with Crippen molar-refractivity contribution >= 4 is 56.4 Å². The van der Waals surface area contributed by atoms with Crippen molar-refractivity contribution in [3.05, 3.63) is 101 Å². The minimum absolute atomic E-state index is 0.00129. The first-order valence-electron chi connectivity index (χ1n) is 17.8. The van der Waals surface area contributed by atoms with Crippen LogP contribution in [0.15, 0.2) is 73.2 Å².